The van der Waals surface area contributed by atoms with Crippen molar-refractivity contribution in [2.45, 2.75) is 43.1 Å². The molecule has 9 heteroatoms. The number of nitrogens with zero attached hydrogens (tertiary/aromatic N) is 3. The number of rotatable bonds is 7. The molecule has 0 bridgehead atoms. The van der Waals surface area contributed by atoms with E-state index in [4.69, 9.17) is 0 Å². The first-order valence-corrected chi connectivity index (χ1v) is 11.9. The smallest absolute Gasteiger partial charge is 0.284 e. The van der Waals surface area contributed by atoms with E-state index in [1.165, 1.54) is 22.7 Å². The summed E-state index contributed by atoms with van der Waals surface area (Å²) in [5.41, 5.74) is 1.41. The first-order valence-electron chi connectivity index (χ1n) is 11.0. The molecule has 0 aliphatic heterocycles. The molecular weight excluding hydrogens is 464 g/mol. The zero-order valence-corrected chi connectivity index (χ0v) is 20.3. The molecule has 1 heterocycles. The Balaban J connectivity index is 1.64. The molecule has 0 saturated heterocycles. The maximum Gasteiger partial charge on any atom is 0.284 e. The number of benzene rings is 3. The van der Waals surface area contributed by atoms with Crippen molar-refractivity contribution in [1.29, 1.82) is 0 Å². The van der Waals surface area contributed by atoms with Crippen LogP contribution in [0.3, 0.4) is 0 Å². The van der Waals surface area contributed by atoms with Crippen molar-refractivity contribution in [3.8, 4) is 0 Å². The number of aromatic amines is 1. The molecule has 4 aromatic rings. The van der Waals surface area contributed by atoms with Gasteiger partial charge in [0, 0.05) is 22.6 Å². The number of para-hydroxylation sites is 1. The third kappa shape index (κ3) is 5.41. The average molecular weight is 489 g/mol. The van der Waals surface area contributed by atoms with Crippen LogP contribution in [0.5, 0.6) is 0 Å². The Kier molecular flexibility index (Phi) is 6.97. The maximum absolute atomic E-state index is 13.4. The normalized spacial score (nSPS) is 11.1. The summed E-state index contributed by atoms with van der Waals surface area (Å²) in [6.45, 7) is 5.71. The summed E-state index contributed by atoms with van der Waals surface area (Å²) >= 11 is 1.28. The molecule has 0 fully saturated rings. The van der Waals surface area contributed by atoms with E-state index in [0.29, 0.717) is 21.6 Å². The van der Waals surface area contributed by atoms with E-state index < -0.39 is 4.92 Å². The van der Waals surface area contributed by atoms with Crippen LogP contribution in [0.4, 0.5) is 5.69 Å². The van der Waals surface area contributed by atoms with Gasteiger partial charge in [-0.1, -0.05) is 41.6 Å². The summed E-state index contributed by atoms with van der Waals surface area (Å²) in [5, 5.41) is 12.3. The first kappa shape index (κ1) is 24.2. The lowest BCUT2D eigenvalue weighted by Crippen LogP contribution is -2.37. The van der Waals surface area contributed by atoms with Crippen molar-refractivity contribution >= 4 is 34.3 Å². The minimum atomic E-state index is -0.477. The van der Waals surface area contributed by atoms with Crippen molar-refractivity contribution in [2.75, 3.05) is 0 Å². The SMILES string of the molecule is Cc1ccc(Sc2ccc(C(=O)N(Cc3nc4ccccc4c(=O)[nH]3)C(C)C)cc2[N+](=O)[O-])cc1. The molecule has 0 aliphatic rings. The molecule has 8 nitrogen and oxygen atoms in total. The van der Waals surface area contributed by atoms with Gasteiger partial charge in [-0.3, -0.25) is 19.7 Å². The molecule has 0 atom stereocenters. The monoisotopic (exact) mass is 488 g/mol. The van der Waals surface area contributed by atoms with Crippen LogP contribution < -0.4 is 5.56 Å². The topological polar surface area (TPSA) is 109 Å². The van der Waals surface area contributed by atoms with Gasteiger partial charge in [-0.15, -0.1) is 0 Å². The number of amides is 1. The van der Waals surface area contributed by atoms with Crippen LogP contribution in [0.15, 0.2) is 81.3 Å². The number of aryl methyl sites for hydroxylation is 1. The largest absolute Gasteiger partial charge is 0.329 e. The number of nitrogens with one attached hydrogen (secondary N) is 1. The van der Waals surface area contributed by atoms with E-state index >= 15 is 0 Å². The lowest BCUT2D eigenvalue weighted by Gasteiger charge is -2.26. The molecule has 0 unspecified atom stereocenters. The Bertz CT molecular complexity index is 1460. The van der Waals surface area contributed by atoms with E-state index in [2.05, 4.69) is 9.97 Å². The molecule has 3 aromatic carbocycles. The number of aromatic nitrogens is 2. The van der Waals surface area contributed by atoms with Gasteiger partial charge in [0.15, 0.2) is 0 Å². The van der Waals surface area contributed by atoms with Gasteiger partial charge in [0.1, 0.15) is 5.82 Å². The van der Waals surface area contributed by atoms with Gasteiger partial charge in [0.05, 0.1) is 27.3 Å². The quantitative estimate of drug-likeness (QED) is 0.278. The highest BCUT2D eigenvalue weighted by molar-refractivity contribution is 7.99. The summed E-state index contributed by atoms with van der Waals surface area (Å²) in [6, 6.07) is 18.9. The van der Waals surface area contributed by atoms with E-state index in [1.54, 1.807) is 36.4 Å². The minimum absolute atomic E-state index is 0.0598. The molecule has 1 aromatic heterocycles. The lowest BCUT2D eigenvalue weighted by molar-refractivity contribution is -0.387. The summed E-state index contributed by atoms with van der Waals surface area (Å²) in [4.78, 5) is 47.2. The molecule has 4 rings (SSSR count). The number of hydrogen-bond acceptors (Lipinski definition) is 6. The van der Waals surface area contributed by atoms with E-state index in [1.807, 2.05) is 45.0 Å². The van der Waals surface area contributed by atoms with Crippen LogP contribution in [-0.2, 0) is 6.54 Å². The van der Waals surface area contributed by atoms with Gasteiger partial charge in [-0.25, -0.2) is 4.98 Å². The molecule has 0 radical (unpaired) electrons. The van der Waals surface area contributed by atoms with Gasteiger partial charge in [-0.2, -0.15) is 0 Å². The number of H-pyrrole nitrogens is 1. The predicted octanol–water partition coefficient (Wildman–Crippen LogP) is 5.34. The number of carbonyl (C=O) groups excluding carboxylic acids is 1. The van der Waals surface area contributed by atoms with Crippen molar-refractivity contribution < 1.29 is 9.72 Å². The Hall–Kier alpha value is -3.98. The summed E-state index contributed by atoms with van der Waals surface area (Å²) in [6.07, 6.45) is 0. The molecule has 0 saturated carbocycles. The van der Waals surface area contributed by atoms with Crippen LogP contribution in [-0.4, -0.2) is 31.7 Å². The Morgan fingerprint density at radius 1 is 1.11 bits per heavy atom. The van der Waals surface area contributed by atoms with E-state index in [0.717, 1.165) is 10.5 Å². The molecule has 1 amide bonds. The summed E-state index contributed by atoms with van der Waals surface area (Å²) in [7, 11) is 0. The second-order valence-electron chi connectivity index (χ2n) is 8.41. The second kappa shape index (κ2) is 10.1. The number of hydrogen-bond donors (Lipinski definition) is 1. The Morgan fingerprint density at radius 2 is 1.83 bits per heavy atom. The van der Waals surface area contributed by atoms with Crippen LogP contribution in [0, 0.1) is 17.0 Å². The number of carbonyl (C=O) groups is 1. The van der Waals surface area contributed by atoms with Gasteiger partial charge in [0.2, 0.25) is 0 Å². The third-order valence-corrected chi connectivity index (χ3v) is 6.59. The van der Waals surface area contributed by atoms with Crippen molar-refractivity contribution in [2.24, 2.45) is 0 Å². The number of nitro groups is 1. The predicted molar refractivity (Wildman–Crippen MR) is 136 cm³/mol. The minimum Gasteiger partial charge on any atom is -0.329 e. The average Bonchev–Trinajstić information content (AvgIpc) is 2.83. The van der Waals surface area contributed by atoms with Gasteiger partial charge in [-0.05, 0) is 57.2 Å². The van der Waals surface area contributed by atoms with Gasteiger partial charge < -0.3 is 9.88 Å². The second-order valence-corrected chi connectivity index (χ2v) is 9.53. The molecule has 0 aliphatic carbocycles. The first-order chi connectivity index (χ1) is 16.7. The van der Waals surface area contributed by atoms with E-state index in [-0.39, 0.29) is 35.3 Å². The number of fused-ring (bicyclic) bond motifs is 1. The lowest BCUT2D eigenvalue weighted by atomic mass is 10.1. The third-order valence-electron chi connectivity index (χ3n) is 5.52. The van der Waals surface area contributed by atoms with Crippen molar-refractivity contribution in [3.05, 3.63) is 104 Å². The summed E-state index contributed by atoms with van der Waals surface area (Å²) < 4.78 is 0. The molecule has 1 N–H and O–H groups in total. The molecule has 0 spiro atoms. The van der Waals surface area contributed by atoms with Crippen LogP contribution in [0.1, 0.15) is 35.6 Å². The standard InChI is InChI=1S/C26H24N4O4S/c1-16(2)29(15-24-27-21-7-5-4-6-20(21)25(31)28-24)26(32)18-10-13-23(22(14-18)30(33)34)35-19-11-8-17(3)9-12-19/h4-14,16H,15H2,1-3H3,(H,27,28,31). The number of nitro benzene ring substituents is 1. The van der Waals surface area contributed by atoms with E-state index in [9.17, 15) is 19.7 Å². The van der Waals surface area contributed by atoms with Crippen molar-refractivity contribution in [1.82, 2.24) is 14.9 Å². The molecule has 35 heavy (non-hydrogen) atoms. The highest BCUT2D eigenvalue weighted by Crippen LogP contribution is 2.35. The zero-order valence-electron chi connectivity index (χ0n) is 19.5. The summed E-state index contributed by atoms with van der Waals surface area (Å²) in [5.74, 6) is -0.0393. The van der Waals surface area contributed by atoms with Crippen LogP contribution in [0.25, 0.3) is 10.9 Å². The highest BCUT2D eigenvalue weighted by atomic mass is 32.2. The Labute approximate surface area is 206 Å². The van der Waals surface area contributed by atoms with Crippen LogP contribution >= 0.6 is 11.8 Å². The fourth-order valence-electron chi connectivity index (χ4n) is 3.64. The molecular formula is C26H24N4O4S. The highest BCUT2D eigenvalue weighted by Gasteiger charge is 2.24. The maximum atomic E-state index is 13.4. The fourth-order valence-corrected chi connectivity index (χ4v) is 4.54. The van der Waals surface area contributed by atoms with Gasteiger partial charge in [0.25, 0.3) is 17.2 Å². The van der Waals surface area contributed by atoms with Crippen LogP contribution in [0.2, 0.25) is 0 Å². The van der Waals surface area contributed by atoms with Gasteiger partial charge >= 0.3 is 0 Å². The molecule has 178 valence electrons. The van der Waals surface area contributed by atoms with Crippen molar-refractivity contribution in [3.63, 3.8) is 0 Å². The zero-order chi connectivity index (χ0) is 25.1. The fraction of sp³-hybridized carbons (Fsp3) is 0.192. The Morgan fingerprint density at radius 3 is 2.51 bits per heavy atom.